The van der Waals surface area contributed by atoms with Crippen molar-refractivity contribution in [1.82, 2.24) is 24.6 Å². The summed E-state index contributed by atoms with van der Waals surface area (Å²) in [6.45, 7) is 3.58. The van der Waals surface area contributed by atoms with E-state index in [1.54, 1.807) is 4.90 Å². The SMILES string of the molecule is Cc1cccc(CN2CCn3c(nn(CC(=O)NCCCc4ccccc4)c3=O)C2=O)c1. The third kappa shape index (κ3) is 4.96. The number of nitrogens with one attached hydrogen (secondary N) is 1. The van der Waals surface area contributed by atoms with Crippen LogP contribution in [0.3, 0.4) is 0 Å². The maximum Gasteiger partial charge on any atom is 0.346 e. The molecule has 4 rings (SSSR count). The first kappa shape index (κ1) is 21.5. The summed E-state index contributed by atoms with van der Waals surface area (Å²) >= 11 is 0. The lowest BCUT2D eigenvalue weighted by Gasteiger charge is -2.26. The van der Waals surface area contributed by atoms with Gasteiger partial charge in [0.15, 0.2) is 0 Å². The highest BCUT2D eigenvalue weighted by molar-refractivity contribution is 5.91. The molecule has 0 unspecified atom stereocenters. The molecule has 0 radical (unpaired) electrons. The number of carbonyl (C=O) groups is 2. The summed E-state index contributed by atoms with van der Waals surface area (Å²) in [5.41, 5.74) is 2.95. The summed E-state index contributed by atoms with van der Waals surface area (Å²) in [6, 6.07) is 18.0. The lowest BCUT2D eigenvalue weighted by molar-refractivity contribution is -0.121. The van der Waals surface area contributed by atoms with Crippen molar-refractivity contribution in [1.29, 1.82) is 0 Å². The second-order valence-corrected chi connectivity index (χ2v) is 8.07. The topological polar surface area (TPSA) is 89.2 Å². The van der Waals surface area contributed by atoms with Crippen molar-refractivity contribution in [2.75, 3.05) is 13.1 Å². The van der Waals surface area contributed by atoms with Gasteiger partial charge in [0.25, 0.3) is 5.91 Å². The Kier molecular flexibility index (Phi) is 6.49. The van der Waals surface area contributed by atoms with Crippen LogP contribution in [0.2, 0.25) is 0 Å². The highest BCUT2D eigenvalue weighted by atomic mass is 16.2. The Bertz CT molecular complexity index is 1170. The van der Waals surface area contributed by atoms with E-state index in [1.165, 1.54) is 10.1 Å². The van der Waals surface area contributed by atoms with Gasteiger partial charge in [-0.15, -0.1) is 5.10 Å². The number of fused-ring (bicyclic) bond motifs is 1. The number of hydrogen-bond acceptors (Lipinski definition) is 4. The van der Waals surface area contributed by atoms with Gasteiger partial charge in [0.1, 0.15) is 6.54 Å². The maximum absolute atomic E-state index is 12.9. The van der Waals surface area contributed by atoms with Crippen LogP contribution in [0.4, 0.5) is 0 Å². The molecule has 8 nitrogen and oxygen atoms in total. The predicted octanol–water partition coefficient (Wildman–Crippen LogP) is 1.76. The molecule has 1 aliphatic rings. The fraction of sp³-hybridized carbons (Fsp3) is 0.333. The van der Waals surface area contributed by atoms with Crippen LogP contribution in [0.25, 0.3) is 0 Å². The van der Waals surface area contributed by atoms with Crippen molar-refractivity contribution in [3.8, 4) is 0 Å². The van der Waals surface area contributed by atoms with Crippen molar-refractivity contribution >= 4 is 11.8 Å². The Labute approximate surface area is 186 Å². The molecule has 2 heterocycles. The van der Waals surface area contributed by atoms with Gasteiger partial charge in [-0.05, 0) is 30.9 Å². The Morgan fingerprint density at radius 2 is 1.81 bits per heavy atom. The predicted molar refractivity (Wildman–Crippen MR) is 120 cm³/mol. The molecule has 0 spiro atoms. The van der Waals surface area contributed by atoms with Gasteiger partial charge in [-0.25, -0.2) is 9.48 Å². The van der Waals surface area contributed by atoms with Crippen LogP contribution in [-0.4, -0.2) is 44.2 Å². The number of hydrogen-bond donors (Lipinski definition) is 1. The van der Waals surface area contributed by atoms with Crippen LogP contribution in [0.1, 0.15) is 33.7 Å². The molecule has 0 bridgehead atoms. The number of aryl methyl sites for hydroxylation is 2. The van der Waals surface area contributed by atoms with E-state index in [4.69, 9.17) is 0 Å². The van der Waals surface area contributed by atoms with Gasteiger partial charge in [0.05, 0.1) is 0 Å². The first-order valence-electron chi connectivity index (χ1n) is 10.8. The van der Waals surface area contributed by atoms with Crippen LogP contribution in [0.15, 0.2) is 59.4 Å². The minimum absolute atomic E-state index is 0.0887. The molecule has 0 atom stereocenters. The summed E-state index contributed by atoms with van der Waals surface area (Å²) in [7, 11) is 0. The summed E-state index contributed by atoms with van der Waals surface area (Å²) in [6.07, 6.45) is 1.67. The van der Waals surface area contributed by atoms with E-state index in [1.807, 2.05) is 49.4 Å². The monoisotopic (exact) mass is 433 g/mol. The summed E-state index contributed by atoms with van der Waals surface area (Å²) in [5.74, 6) is -0.498. The molecule has 2 amide bonds. The minimum atomic E-state index is -0.428. The van der Waals surface area contributed by atoms with Crippen LogP contribution in [0, 0.1) is 6.92 Å². The van der Waals surface area contributed by atoms with E-state index in [9.17, 15) is 14.4 Å². The molecule has 0 saturated carbocycles. The number of amides is 2. The normalized spacial score (nSPS) is 13.2. The Morgan fingerprint density at radius 1 is 1.03 bits per heavy atom. The highest BCUT2D eigenvalue weighted by Crippen LogP contribution is 2.14. The van der Waals surface area contributed by atoms with Crippen LogP contribution in [-0.2, 0) is 30.8 Å². The number of rotatable bonds is 8. The third-order valence-corrected chi connectivity index (χ3v) is 5.55. The fourth-order valence-electron chi connectivity index (χ4n) is 3.91. The first-order chi connectivity index (χ1) is 15.5. The smallest absolute Gasteiger partial charge is 0.346 e. The quantitative estimate of drug-likeness (QED) is 0.548. The molecule has 2 aromatic carbocycles. The number of carbonyl (C=O) groups excluding carboxylic acids is 2. The third-order valence-electron chi connectivity index (χ3n) is 5.55. The minimum Gasteiger partial charge on any atom is -0.354 e. The van der Waals surface area contributed by atoms with Gasteiger partial charge in [-0.2, -0.15) is 0 Å². The van der Waals surface area contributed by atoms with E-state index >= 15 is 0 Å². The second kappa shape index (κ2) is 9.64. The Hall–Kier alpha value is -3.68. The van der Waals surface area contributed by atoms with Crippen molar-refractivity contribution in [3.05, 3.63) is 87.6 Å². The molecule has 8 heteroatoms. The standard InChI is InChI=1S/C24H27N5O3/c1-18-7-5-10-20(15-18)16-27-13-14-28-22(23(27)31)26-29(24(28)32)17-21(30)25-12-6-11-19-8-3-2-4-9-19/h2-5,7-10,15H,6,11-14,16-17H2,1H3,(H,25,30). The zero-order valence-electron chi connectivity index (χ0n) is 18.2. The summed E-state index contributed by atoms with van der Waals surface area (Å²) in [4.78, 5) is 39.5. The van der Waals surface area contributed by atoms with Gasteiger partial charge >= 0.3 is 5.69 Å². The van der Waals surface area contributed by atoms with Crippen molar-refractivity contribution < 1.29 is 9.59 Å². The van der Waals surface area contributed by atoms with Gasteiger partial charge in [0, 0.05) is 26.2 Å². The summed E-state index contributed by atoms with van der Waals surface area (Å²) < 4.78 is 2.44. The average molecular weight is 434 g/mol. The molecular formula is C24H27N5O3. The van der Waals surface area contributed by atoms with Gasteiger partial charge < -0.3 is 10.2 Å². The molecule has 0 saturated heterocycles. The first-order valence-corrected chi connectivity index (χ1v) is 10.8. The molecule has 1 N–H and O–H groups in total. The molecule has 0 aliphatic carbocycles. The van der Waals surface area contributed by atoms with E-state index < -0.39 is 5.69 Å². The number of aromatic nitrogens is 3. The maximum atomic E-state index is 12.9. The molecule has 3 aromatic rings. The molecule has 32 heavy (non-hydrogen) atoms. The van der Waals surface area contributed by atoms with E-state index in [2.05, 4.69) is 22.5 Å². The average Bonchev–Trinajstić information content (AvgIpc) is 3.10. The summed E-state index contributed by atoms with van der Waals surface area (Å²) in [5, 5.41) is 7.00. The van der Waals surface area contributed by atoms with Crippen LogP contribution in [0.5, 0.6) is 0 Å². The van der Waals surface area contributed by atoms with Gasteiger partial charge in [0.2, 0.25) is 11.7 Å². The van der Waals surface area contributed by atoms with Crippen molar-refractivity contribution in [2.24, 2.45) is 0 Å². The number of nitrogens with zero attached hydrogens (tertiary/aromatic N) is 4. The van der Waals surface area contributed by atoms with E-state index in [0.717, 1.165) is 28.7 Å². The van der Waals surface area contributed by atoms with Crippen LogP contribution >= 0.6 is 0 Å². The molecule has 166 valence electrons. The largest absolute Gasteiger partial charge is 0.354 e. The molecule has 1 aliphatic heterocycles. The Balaban J connectivity index is 1.34. The van der Waals surface area contributed by atoms with Crippen molar-refractivity contribution in [2.45, 2.75) is 39.4 Å². The number of benzene rings is 2. The van der Waals surface area contributed by atoms with Gasteiger partial charge in [-0.1, -0.05) is 60.2 Å². The highest BCUT2D eigenvalue weighted by Gasteiger charge is 2.30. The lowest BCUT2D eigenvalue weighted by Crippen LogP contribution is -2.42. The molecule has 0 fully saturated rings. The van der Waals surface area contributed by atoms with E-state index in [0.29, 0.717) is 26.2 Å². The fourth-order valence-corrected chi connectivity index (χ4v) is 3.91. The zero-order valence-corrected chi connectivity index (χ0v) is 18.2. The van der Waals surface area contributed by atoms with E-state index in [-0.39, 0.29) is 24.2 Å². The van der Waals surface area contributed by atoms with Gasteiger partial charge in [-0.3, -0.25) is 14.2 Å². The van der Waals surface area contributed by atoms with Crippen molar-refractivity contribution in [3.63, 3.8) is 0 Å². The second-order valence-electron chi connectivity index (χ2n) is 8.07. The molecule has 1 aromatic heterocycles. The zero-order chi connectivity index (χ0) is 22.5. The van der Waals surface area contributed by atoms with Crippen LogP contribution < -0.4 is 11.0 Å². The Morgan fingerprint density at radius 3 is 2.59 bits per heavy atom. The lowest BCUT2D eigenvalue weighted by atomic mass is 10.1. The molecular weight excluding hydrogens is 406 g/mol.